The normalized spacial score (nSPS) is 15.2. The Morgan fingerprint density at radius 3 is 2.59 bits per heavy atom. The Balaban J connectivity index is 1.78. The molecular weight excluding hydrogens is 210 g/mol. The van der Waals surface area contributed by atoms with Crippen LogP contribution in [-0.4, -0.2) is 30.3 Å². The molecule has 1 saturated carbocycles. The summed E-state index contributed by atoms with van der Waals surface area (Å²) in [4.78, 5) is 14.3. The molecule has 0 amide bonds. The van der Waals surface area contributed by atoms with Crippen LogP contribution in [0.3, 0.4) is 0 Å². The fourth-order valence-electron chi connectivity index (χ4n) is 2.07. The number of Topliss-reactive ketones (excluding diaryl/α,β-unsaturated/α-hetero) is 1. The van der Waals surface area contributed by atoms with Crippen molar-refractivity contribution in [1.82, 2.24) is 4.90 Å². The maximum Gasteiger partial charge on any atom is 0.164 e. The van der Waals surface area contributed by atoms with E-state index in [-0.39, 0.29) is 5.78 Å². The van der Waals surface area contributed by atoms with E-state index in [1.165, 1.54) is 19.4 Å². The molecule has 0 aliphatic heterocycles. The lowest BCUT2D eigenvalue weighted by atomic mass is 10.1. The lowest BCUT2D eigenvalue weighted by Crippen LogP contribution is -2.28. The van der Waals surface area contributed by atoms with E-state index in [0.717, 1.165) is 24.6 Å². The zero-order chi connectivity index (χ0) is 12.1. The van der Waals surface area contributed by atoms with Crippen LogP contribution in [0.25, 0.3) is 0 Å². The summed E-state index contributed by atoms with van der Waals surface area (Å²) in [6.07, 6.45) is 3.40. The highest BCUT2D eigenvalue weighted by Crippen LogP contribution is 2.29. The molecule has 1 aromatic rings. The van der Waals surface area contributed by atoms with Crippen molar-refractivity contribution >= 4 is 5.78 Å². The third kappa shape index (κ3) is 3.97. The summed E-state index contributed by atoms with van der Waals surface area (Å²) < 4.78 is 0. The Morgan fingerprint density at radius 2 is 2.00 bits per heavy atom. The fourth-order valence-corrected chi connectivity index (χ4v) is 2.07. The van der Waals surface area contributed by atoms with Gasteiger partial charge in [0.1, 0.15) is 0 Å². The van der Waals surface area contributed by atoms with E-state index in [0.29, 0.717) is 6.42 Å². The maximum atomic E-state index is 11.9. The highest BCUT2D eigenvalue weighted by Gasteiger charge is 2.23. The molecule has 92 valence electrons. The first-order valence-corrected chi connectivity index (χ1v) is 6.60. The number of rotatable bonds is 7. The fraction of sp³-hybridized carbons (Fsp3) is 0.533. The lowest BCUT2D eigenvalue weighted by molar-refractivity contribution is 0.0964. The minimum Gasteiger partial charge on any atom is -0.303 e. The third-order valence-corrected chi connectivity index (χ3v) is 3.41. The monoisotopic (exact) mass is 231 g/mol. The minimum atomic E-state index is 0.264. The molecule has 0 heterocycles. The summed E-state index contributed by atoms with van der Waals surface area (Å²) in [5, 5.41) is 0. The quantitative estimate of drug-likeness (QED) is 0.672. The molecule has 1 aliphatic carbocycles. The summed E-state index contributed by atoms with van der Waals surface area (Å²) in [5.41, 5.74) is 0.843. The molecule has 2 heteroatoms. The van der Waals surface area contributed by atoms with Gasteiger partial charge in [-0.3, -0.25) is 4.79 Å². The van der Waals surface area contributed by atoms with Crippen molar-refractivity contribution in [3.63, 3.8) is 0 Å². The van der Waals surface area contributed by atoms with E-state index >= 15 is 0 Å². The molecular formula is C15H21NO. The standard InChI is InChI=1S/C15H21NO/c1-2-16(12-13-8-9-13)11-10-15(17)14-6-4-3-5-7-14/h3-7,13H,2,8-12H2,1H3. The van der Waals surface area contributed by atoms with Gasteiger partial charge in [0.25, 0.3) is 0 Å². The molecule has 0 atom stereocenters. The van der Waals surface area contributed by atoms with Crippen LogP contribution in [0.2, 0.25) is 0 Å². The number of nitrogens with zero attached hydrogens (tertiary/aromatic N) is 1. The Bertz CT molecular complexity index is 356. The van der Waals surface area contributed by atoms with Gasteiger partial charge in [-0.25, -0.2) is 0 Å². The number of hydrogen-bond acceptors (Lipinski definition) is 2. The van der Waals surface area contributed by atoms with Crippen LogP contribution >= 0.6 is 0 Å². The first-order chi connectivity index (χ1) is 8.29. The number of carbonyl (C=O) groups excluding carboxylic acids is 1. The summed E-state index contributed by atoms with van der Waals surface area (Å²) in [7, 11) is 0. The highest BCUT2D eigenvalue weighted by atomic mass is 16.1. The molecule has 0 unspecified atom stereocenters. The Labute approximate surface area is 104 Å². The SMILES string of the molecule is CCN(CCC(=O)c1ccccc1)CC1CC1. The Hall–Kier alpha value is -1.15. The second-order valence-electron chi connectivity index (χ2n) is 4.88. The number of ketones is 1. The van der Waals surface area contributed by atoms with Crippen LogP contribution in [0.1, 0.15) is 36.5 Å². The Kier molecular flexibility index (Phi) is 4.32. The van der Waals surface area contributed by atoms with Crippen LogP contribution in [0.15, 0.2) is 30.3 Å². The van der Waals surface area contributed by atoms with Crippen molar-refractivity contribution in [1.29, 1.82) is 0 Å². The van der Waals surface area contributed by atoms with E-state index in [9.17, 15) is 4.79 Å². The van der Waals surface area contributed by atoms with Crippen molar-refractivity contribution in [2.75, 3.05) is 19.6 Å². The molecule has 2 nitrogen and oxygen atoms in total. The number of carbonyl (C=O) groups is 1. The second kappa shape index (κ2) is 5.97. The molecule has 1 fully saturated rings. The van der Waals surface area contributed by atoms with Crippen LogP contribution in [-0.2, 0) is 0 Å². The average molecular weight is 231 g/mol. The van der Waals surface area contributed by atoms with E-state index in [2.05, 4.69) is 11.8 Å². The summed E-state index contributed by atoms with van der Waals surface area (Å²) in [5.74, 6) is 1.17. The molecule has 0 N–H and O–H groups in total. The number of benzene rings is 1. The molecule has 1 aromatic carbocycles. The van der Waals surface area contributed by atoms with Crippen molar-refractivity contribution in [2.45, 2.75) is 26.2 Å². The summed E-state index contributed by atoms with van der Waals surface area (Å²) in [6, 6.07) is 9.60. The van der Waals surface area contributed by atoms with Gasteiger partial charge in [-0.2, -0.15) is 0 Å². The van der Waals surface area contributed by atoms with Gasteiger partial charge in [-0.1, -0.05) is 37.3 Å². The molecule has 1 aliphatic rings. The van der Waals surface area contributed by atoms with Crippen LogP contribution in [0.4, 0.5) is 0 Å². The first kappa shape index (κ1) is 12.3. The summed E-state index contributed by atoms with van der Waals surface area (Å²) in [6.45, 7) is 5.31. The maximum absolute atomic E-state index is 11.9. The third-order valence-electron chi connectivity index (χ3n) is 3.41. The van der Waals surface area contributed by atoms with Crippen molar-refractivity contribution in [3.8, 4) is 0 Å². The zero-order valence-electron chi connectivity index (χ0n) is 10.6. The van der Waals surface area contributed by atoms with Crippen molar-refractivity contribution in [3.05, 3.63) is 35.9 Å². The molecule has 0 saturated heterocycles. The van der Waals surface area contributed by atoms with Crippen molar-refractivity contribution in [2.24, 2.45) is 5.92 Å². The predicted molar refractivity (Wildman–Crippen MR) is 70.2 cm³/mol. The molecule has 0 bridgehead atoms. The Morgan fingerprint density at radius 1 is 1.29 bits per heavy atom. The smallest absolute Gasteiger partial charge is 0.164 e. The predicted octanol–water partition coefficient (Wildman–Crippen LogP) is 2.99. The first-order valence-electron chi connectivity index (χ1n) is 6.60. The van der Waals surface area contributed by atoms with Gasteiger partial charge in [-0.05, 0) is 25.3 Å². The topological polar surface area (TPSA) is 20.3 Å². The van der Waals surface area contributed by atoms with Crippen molar-refractivity contribution < 1.29 is 4.79 Å². The van der Waals surface area contributed by atoms with E-state index in [1.54, 1.807) is 0 Å². The van der Waals surface area contributed by atoms with E-state index in [4.69, 9.17) is 0 Å². The van der Waals surface area contributed by atoms with E-state index < -0.39 is 0 Å². The minimum absolute atomic E-state index is 0.264. The molecule has 0 radical (unpaired) electrons. The number of hydrogen-bond donors (Lipinski definition) is 0. The van der Waals surface area contributed by atoms with Gasteiger partial charge in [0.05, 0.1) is 0 Å². The second-order valence-corrected chi connectivity index (χ2v) is 4.88. The van der Waals surface area contributed by atoms with Gasteiger partial charge in [0.15, 0.2) is 5.78 Å². The molecule has 0 aromatic heterocycles. The van der Waals surface area contributed by atoms with E-state index in [1.807, 2.05) is 30.3 Å². The molecule has 0 spiro atoms. The van der Waals surface area contributed by atoms with Gasteiger partial charge < -0.3 is 4.90 Å². The van der Waals surface area contributed by atoms with Crippen LogP contribution in [0, 0.1) is 5.92 Å². The van der Waals surface area contributed by atoms with Crippen LogP contribution < -0.4 is 0 Å². The summed E-state index contributed by atoms with van der Waals surface area (Å²) >= 11 is 0. The van der Waals surface area contributed by atoms with Gasteiger partial charge >= 0.3 is 0 Å². The average Bonchev–Trinajstić information content (AvgIpc) is 3.19. The van der Waals surface area contributed by atoms with Gasteiger partial charge in [0.2, 0.25) is 0 Å². The zero-order valence-corrected chi connectivity index (χ0v) is 10.6. The lowest BCUT2D eigenvalue weighted by Gasteiger charge is -2.19. The molecule has 17 heavy (non-hydrogen) atoms. The molecule has 2 rings (SSSR count). The van der Waals surface area contributed by atoms with Crippen LogP contribution in [0.5, 0.6) is 0 Å². The van der Waals surface area contributed by atoms with Gasteiger partial charge in [-0.15, -0.1) is 0 Å². The largest absolute Gasteiger partial charge is 0.303 e. The highest BCUT2D eigenvalue weighted by molar-refractivity contribution is 5.96. The van der Waals surface area contributed by atoms with Gasteiger partial charge in [0, 0.05) is 25.1 Å².